The minimum absolute atomic E-state index is 0.739. The zero-order chi connectivity index (χ0) is 12.0. The van der Waals surface area contributed by atoms with Crippen molar-refractivity contribution in [3.05, 3.63) is 0 Å². The molecule has 1 fully saturated rings. The molecule has 1 aliphatic rings. The Hall–Kier alpha value is -0.120. The fourth-order valence-corrected chi connectivity index (χ4v) is 2.26. The molecule has 16 heavy (non-hydrogen) atoms. The molecule has 0 aliphatic carbocycles. The summed E-state index contributed by atoms with van der Waals surface area (Å²) in [6.45, 7) is 13.7. The Morgan fingerprint density at radius 3 is 2.38 bits per heavy atom. The van der Waals surface area contributed by atoms with Crippen LogP contribution in [0.1, 0.15) is 20.8 Å². The topological polar surface area (TPSA) is 24.5 Å². The average molecular weight is 228 g/mol. The molecule has 96 valence electrons. The lowest BCUT2D eigenvalue weighted by Crippen LogP contribution is -2.48. The van der Waals surface area contributed by atoms with Crippen molar-refractivity contribution in [2.75, 3.05) is 46.4 Å². The van der Waals surface area contributed by atoms with E-state index in [-0.39, 0.29) is 0 Å². The van der Waals surface area contributed by atoms with E-state index in [2.05, 4.69) is 31.0 Å². The van der Waals surface area contributed by atoms with Crippen LogP contribution in [0.25, 0.3) is 0 Å². The normalized spacial score (nSPS) is 19.1. The van der Waals surface area contributed by atoms with Crippen molar-refractivity contribution in [1.82, 2.24) is 10.2 Å². The summed E-state index contributed by atoms with van der Waals surface area (Å²) in [5, 5.41) is 3.36. The molecular weight excluding hydrogens is 200 g/mol. The molecular formula is C13H28N2O. The van der Waals surface area contributed by atoms with Gasteiger partial charge in [0.25, 0.3) is 0 Å². The number of nitrogens with one attached hydrogen (secondary N) is 1. The van der Waals surface area contributed by atoms with Crippen LogP contribution in [0.5, 0.6) is 0 Å². The molecule has 0 aromatic carbocycles. The van der Waals surface area contributed by atoms with Gasteiger partial charge in [0.15, 0.2) is 0 Å². The summed E-state index contributed by atoms with van der Waals surface area (Å²) in [5.74, 6) is 2.43. The Kier molecular flexibility index (Phi) is 6.32. The van der Waals surface area contributed by atoms with Crippen LogP contribution < -0.4 is 5.32 Å². The molecule has 3 nitrogen and oxygen atoms in total. The van der Waals surface area contributed by atoms with Crippen molar-refractivity contribution in [3.8, 4) is 0 Å². The minimum Gasteiger partial charge on any atom is -0.383 e. The van der Waals surface area contributed by atoms with Crippen LogP contribution in [0.4, 0.5) is 0 Å². The van der Waals surface area contributed by atoms with Crippen LogP contribution >= 0.6 is 0 Å². The first-order chi connectivity index (χ1) is 7.63. The third-order valence-electron chi connectivity index (χ3n) is 3.40. The van der Waals surface area contributed by atoms with Gasteiger partial charge in [-0.3, -0.25) is 0 Å². The number of methoxy groups -OCH3 is 1. The first-order valence-electron chi connectivity index (χ1n) is 6.55. The maximum Gasteiger partial charge on any atom is 0.0589 e. The molecule has 3 heteroatoms. The molecule has 0 aromatic heterocycles. The summed E-state index contributed by atoms with van der Waals surface area (Å²) in [6, 6.07) is 0. The monoisotopic (exact) mass is 228 g/mol. The van der Waals surface area contributed by atoms with Crippen molar-refractivity contribution in [3.63, 3.8) is 0 Å². The van der Waals surface area contributed by atoms with E-state index < -0.39 is 0 Å². The van der Waals surface area contributed by atoms with E-state index in [1.54, 1.807) is 7.11 Å². The number of nitrogens with zero attached hydrogens (tertiary/aromatic N) is 1. The maximum atomic E-state index is 5.18. The van der Waals surface area contributed by atoms with Gasteiger partial charge in [0, 0.05) is 26.7 Å². The van der Waals surface area contributed by atoms with Crippen LogP contribution in [-0.2, 0) is 4.74 Å². The summed E-state index contributed by atoms with van der Waals surface area (Å²) >= 11 is 0. The van der Waals surface area contributed by atoms with Crippen LogP contribution in [0.2, 0.25) is 0 Å². The molecule has 1 N–H and O–H groups in total. The van der Waals surface area contributed by atoms with Crippen LogP contribution in [-0.4, -0.2) is 51.3 Å². The lowest BCUT2D eigenvalue weighted by atomic mass is 9.88. The zero-order valence-corrected chi connectivity index (χ0v) is 11.3. The van der Waals surface area contributed by atoms with E-state index in [1.807, 2.05) is 0 Å². The highest BCUT2D eigenvalue weighted by atomic mass is 16.5. The summed E-state index contributed by atoms with van der Waals surface area (Å²) in [7, 11) is 1.78. The van der Waals surface area contributed by atoms with E-state index >= 15 is 0 Å². The number of hydrogen-bond acceptors (Lipinski definition) is 3. The predicted molar refractivity (Wildman–Crippen MR) is 68.7 cm³/mol. The molecule has 0 radical (unpaired) electrons. The third kappa shape index (κ3) is 4.81. The summed E-state index contributed by atoms with van der Waals surface area (Å²) in [6.07, 6.45) is 0. The Morgan fingerprint density at radius 1 is 1.25 bits per heavy atom. The Balaban J connectivity index is 2.28. The van der Waals surface area contributed by atoms with Gasteiger partial charge in [0.05, 0.1) is 6.61 Å². The van der Waals surface area contributed by atoms with E-state index in [4.69, 9.17) is 4.74 Å². The van der Waals surface area contributed by atoms with Crippen LogP contribution in [0.15, 0.2) is 0 Å². The van der Waals surface area contributed by atoms with E-state index in [0.29, 0.717) is 0 Å². The maximum absolute atomic E-state index is 5.18. The molecule has 0 spiro atoms. The van der Waals surface area contributed by atoms with Gasteiger partial charge in [-0.1, -0.05) is 20.8 Å². The molecule has 0 aromatic rings. The fraction of sp³-hybridized carbons (Fsp3) is 1.00. The first-order valence-corrected chi connectivity index (χ1v) is 6.55. The van der Waals surface area contributed by atoms with E-state index in [9.17, 15) is 0 Å². The minimum atomic E-state index is 0.739. The predicted octanol–water partition coefficient (Wildman–Crippen LogP) is 1.45. The molecule has 1 rings (SSSR count). The average Bonchev–Trinajstić information content (AvgIpc) is 2.10. The standard InChI is InChI=1S/C13H28N2O/c1-11(2)9-15(5-6-16-4)10-12(3)13-7-14-8-13/h11-14H,5-10H2,1-4H3. The Bertz CT molecular complexity index is 181. The molecule has 1 saturated heterocycles. The summed E-state index contributed by atoms with van der Waals surface area (Å²) in [4.78, 5) is 2.55. The van der Waals surface area contributed by atoms with E-state index in [0.717, 1.165) is 30.9 Å². The Labute approximate surface area is 101 Å². The van der Waals surface area contributed by atoms with Gasteiger partial charge in [-0.25, -0.2) is 0 Å². The van der Waals surface area contributed by atoms with Crippen molar-refractivity contribution >= 4 is 0 Å². The summed E-state index contributed by atoms with van der Waals surface area (Å²) in [5.41, 5.74) is 0. The lowest BCUT2D eigenvalue weighted by Gasteiger charge is -2.36. The quantitative estimate of drug-likeness (QED) is 0.680. The van der Waals surface area contributed by atoms with Crippen molar-refractivity contribution < 1.29 is 4.74 Å². The second-order valence-corrected chi connectivity index (χ2v) is 5.54. The SMILES string of the molecule is COCCN(CC(C)C)CC(C)C1CNC1. The van der Waals surface area contributed by atoms with Gasteiger partial charge in [-0.2, -0.15) is 0 Å². The Morgan fingerprint density at radius 2 is 1.94 bits per heavy atom. The lowest BCUT2D eigenvalue weighted by molar-refractivity contribution is 0.111. The van der Waals surface area contributed by atoms with Gasteiger partial charge in [0.1, 0.15) is 0 Å². The number of ether oxygens (including phenoxy) is 1. The van der Waals surface area contributed by atoms with E-state index in [1.165, 1.54) is 26.2 Å². The van der Waals surface area contributed by atoms with Crippen LogP contribution in [0.3, 0.4) is 0 Å². The molecule has 0 amide bonds. The molecule has 1 atom stereocenters. The van der Waals surface area contributed by atoms with Gasteiger partial charge in [-0.15, -0.1) is 0 Å². The number of hydrogen-bond donors (Lipinski definition) is 1. The largest absolute Gasteiger partial charge is 0.383 e. The fourth-order valence-electron chi connectivity index (χ4n) is 2.26. The highest BCUT2D eigenvalue weighted by Crippen LogP contribution is 2.17. The van der Waals surface area contributed by atoms with Crippen LogP contribution in [0, 0.1) is 17.8 Å². The van der Waals surface area contributed by atoms with Crippen molar-refractivity contribution in [2.45, 2.75) is 20.8 Å². The third-order valence-corrected chi connectivity index (χ3v) is 3.40. The van der Waals surface area contributed by atoms with Crippen molar-refractivity contribution in [2.24, 2.45) is 17.8 Å². The second kappa shape index (κ2) is 7.25. The zero-order valence-electron chi connectivity index (χ0n) is 11.3. The smallest absolute Gasteiger partial charge is 0.0589 e. The summed E-state index contributed by atoms with van der Waals surface area (Å²) < 4.78 is 5.18. The number of rotatable bonds is 8. The molecule has 1 heterocycles. The van der Waals surface area contributed by atoms with Gasteiger partial charge < -0.3 is 15.0 Å². The van der Waals surface area contributed by atoms with Gasteiger partial charge >= 0.3 is 0 Å². The highest BCUT2D eigenvalue weighted by molar-refractivity contribution is 4.81. The molecule has 0 bridgehead atoms. The second-order valence-electron chi connectivity index (χ2n) is 5.54. The highest BCUT2D eigenvalue weighted by Gasteiger charge is 2.25. The van der Waals surface area contributed by atoms with Crippen molar-refractivity contribution in [1.29, 1.82) is 0 Å². The van der Waals surface area contributed by atoms with Gasteiger partial charge in [0.2, 0.25) is 0 Å². The molecule has 0 saturated carbocycles. The first kappa shape index (κ1) is 13.9. The van der Waals surface area contributed by atoms with Gasteiger partial charge in [-0.05, 0) is 30.8 Å². The molecule has 1 aliphatic heterocycles. The molecule has 1 unspecified atom stereocenters.